The zero-order chi connectivity index (χ0) is 25.1. The number of fused-ring (bicyclic) bond motifs is 7. The lowest BCUT2D eigenvalue weighted by Crippen LogP contribution is -2.66. The Balaban J connectivity index is 1.62. The molecule has 2 N–H and O–H groups in total. The maximum Gasteiger partial charge on any atom is 0.309 e. The standard InChI is InChI=1S/C30H46O4/c1-25(2)21-8-11-30(7)23(28(21,5)10-9-22(25)32)20(31)16-18-19-17-27(4,24(33)34)13-12-26(19,3)14-15-29(18,30)6/h16,19,21-23,32H,8-15,17H2,1-7H3,(H,33,34)/t19-,21?,22-,23-,26+,27-,28-,29+,30+/m0/s1. The third-order valence-corrected chi connectivity index (χ3v) is 13.1. The van der Waals surface area contributed by atoms with Crippen LogP contribution in [0.5, 0.6) is 0 Å². The number of aliphatic carboxylic acids is 1. The molecule has 4 saturated carbocycles. The Labute approximate surface area is 206 Å². The summed E-state index contributed by atoms with van der Waals surface area (Å²) in [4.78, 5) is 26.4. The van der Waals surface area contributed by atoms with Crippen LogP contribution in [0.3, 0.4) is 0 Å². The third-order valence-electron chi connectivity index (χ3n) is 13.1. The molecule has 190 valence electrons. The first-order valence-corrected chi connectivity index (χ1v) is 13.7. The van der Waals surface area contributed by atoms with E-state index in [-0.39, 0.29) is 50.8 Å². The van der Waals surface area contributed by atoms with E-state index in [1.165, 1.54) is 5.57 Å². The molecule has 0 aromatic rings. The second-order valence-electron chi connectivity index (χ2n) is 14.9. The molecule has 0 aliphatic heterocycles. The molecule has 0 radical (unpaired) electrons. The van der Waals surface area contributed by atoms with Gasteiger partial charge < -0.3 is 10.2 Å². The molecule has 4 fully saturated rings. The van der Waals surface area contributed by atoms with Gasteiger partial charge in [-0.3, -0.25) is 9.59 Å². The smallest absolute Gasteiger partial charge is 0.309 e. The Morgan fingerprint density at radius 1 is 0.912 bits per heavy atom. The van der Waals surface area contributed by atoms with Crippen molar-refractivity contribution < 1.29 is 19.8 Å². The highest BCUT2D eigenvalue weighted by Gasteiger charge is 2.70. The van der Waals surface area contributed by atoms with Gasteiger partial charge in [-0.2, -0.15) is 0 Å². The summed E-state index contributed by atoms with van der Waals surface area (Å²) < 4.78 is 0. The molecule has 9 atom stereocenters. The van der Waals surface area contributed by atoms with Gasteiger partial charge in [0.15, 0.2) is 5.78 Å². The Morgan fingerprint density at radius 3 is 2.21 bits per heavy atom. The van der Waals surface area contributed by atoms with Gasteiger partial charge in [-0.25, -0.2) is 0 Å². The van der Waals surface area contributed by atoms with Crippen molar-refractivity contribution in [3.63, 3.8) is 0 Å². The second-order valence-corrected chi connectivity index (χ2v) is 14.9. The number of carbonyl (C=O) groups excluding carboxylic acids is 1. The quantitative estimate of drug-likeness (QED) is 0.464. The molecular formula is C30H46O4. The van der Waals surface area contributed by atoms with Crippen molar-refractivity contribution in [2.24, 2.45) is 50.2 Å². The molecule has 0 saturated heterocycles. The Hall–Kier alpha value is -1.16. The van der Waals surface area contributed by atoms with Crippen LogP contribution >= 0.6 is 0 Å². The van der Waals surface area contributed by atoms with E-state index in [2.05, 4.69) is 41.5 Å². The molecular weight excluding hydrogens is 424 g/mol. The first-order valence-electron chi connectivity index (χ1n) is 13.7. The number of hydrogen-bond acceptors (Lipinski definition) is 3. The highest BCUT2D eigenvalue weighted by atomic mass is 16.4. The van der Waals surface area contributed by atoms with Gasteiger partial charge in [0, 0.05) is 5.92 Å². The van der Waals surface area contributed by atoms with Crippen molar-refractivity contribution in [2.75, 3.05) is 0 Å². The lowest BCUT2D eigenvalue weighted by molar-refractivity contribution is -0.202. The summed E-state index contributed by atoms with van der Waals surface area (Å²) in [6.45, 7) is 15.8. The monoisotopic (exact) mass is 470 g/mol. The SMILES string of the molecule is CC1(C)C2CC[C@]3(C)[C@@H](C(=O)C=C4[C@@H]5C[C@@](C)(C(=O)O)CC[C@]5(C)CC[C@]43C)[C@@]2(C)CC[C@@H]1O. The molecule has 0 bridgehead atoms. The van der Waals surface area contributed by atoms with Crippen LogP contribution in [0.15, 0.2) is 11.6 Å². The zero-order valence-corrected chi connectivity index (χ0v) is 22.5. The molecule has 4 heteroatoms. The highest BCUT2D eigenvalue weighted by molar-refractivity contribution is 5.95. The summed E-state index contributed by atoms with van der Waals surface area (Å²) in [5.41, 5.74) is 0.142. The van der Waals surface area contributed by atoms with Crippen LogP contribution in [-0.2, 0) is 9.59 Å². The van der Waals surface area contributed by atoms with Crippen LogP contribution in [0.25, 0.3) is 0 Å². The maximum absolute atomic E-state index is 14.2. The summed E-state index contributed by atoms with van der Waals surface area (Å²) in [6, 6.07) is 0. The molecule has 1 unspecified atom stereocenters. The van der Waals surface area contributed by atoms with Crippen LogP contribution in [0.4, 0.5) is 0 Å². The van der Waals surface area contributed by atoms with Crippen LogP contribution in [0, 0.1) is 50.2 Å². The lowest BCUT2D eigenvalue weighted by Gasteiger charge is -2.70. The Kier molecular flexibility index (Phi) is 5.04. The van der Waals surface area contributed by atoms with E-state index in [0.29, 0.717) is 12.3 Å². The molecule has 5 aliphatic rings. The van der Waals surface area contributed by atoms with Crippen molar-refractivity contribution >= 4 is 11.8 Å². The van der Waals surface area contributed by atoms with Crippen LogP contribution in [0.2, 0.25) is 0 Å². The number of allylic oxidation sites excluding steroid dienone is 2. The average Bonchev–Trinajstić information content (AvgIpc) is 2.73. The number of aliphatic hydroxyl groups excluding tert-OH is 1. The van der Waals surface area contributed by atoms with Gasteiger partial charge in [0.25, 0.3) is 0 Å². The van der Waals surface area contributed by atoms with Crippen LogP contribution in [0.1, 0.15) is 106 Å². The number of ketones is 1. The summed E-state index contributed by atoms with van der Waals surface area (Å²) in [5.74, 6) is 0.0603. The van der Waals surface area contributed by atoms with Gasteiger partial charge in [0.1, 0.15) is 0 Å². The van der Waals surface area contributed by atoms with Gasteiger partial charge in [-0.15, -0.1) is 0 Å². The largest absolute Gasteiger partial charge is 0.481 e. The minimum atomic E-state index is -0.711. The minimum Gasteiger partial charge on any atom is -0.481 e. The predicted octanol–water partition coefficient (Wildman–Crippen LogP) is 6.41. The average molecular weight is 471 g/mol. The molecule has 5 rings (SSSR count). The molecule has 4 nitrogen and oxygen atoms in total. The van der Waals surface area contributed by atoms with Crippen molar-refractivity contribution in [1.82, 2.24) is 0 Å². The fraction of sp³-hybridized carbons (Fsp3) is 0.867. The van der Waals surface area contributed by atoms with E-state index < -0.39 is 11.4 Å². The summed E-state index contributed by atoms with van der Waals surface area (Å²) in [5, 5.41) is 20.9. The van der Waals surface area contributed by atoms with Crippen molar-refractivity contribution in [3.05, 3.63) is 11.6 Å². The topological polar surface area (TPSA) is 74.6 Å². The van der Waals surface area contributed by atoms with E-state index in [9.17, 15) is 19.8 Å². The van der Waals surface area contributed by atoms with Gasteiger partial charge >= 0.3 is 5.97 Å². The molecule has 5 aliphatic carbocycles. The fourth-order valence-corrected chi connectivity index (χ4v) is 10.4. The van der Waals surface area contributed by atoms with E-state index in [0.717, 1.165) is 51.4 Å². The summed E-state index contributed by atoms with van der Waals surface area (Å²) in [6.07, 6.45) is 9.95. The maximum atomic E-state index is 14.2. The lowest BCUT2D eigenvalue weighted by atomic mass is 9.33. The highest BCUT2D eigenvalue weighted by Crippen LogP contribution is 2.75. The molecule has 34 heavy (non-hydrogen) atoms. The molecule has 0 aromatic carbocycles. The van der Waals surface area contributed by atoms with Crippen molar-refractivity contribution in [3.8, 4) is 0 Å². The predicted molar refractivity (Wildman–Crippen MR) is 133 cm³/mol. The molecule has 0 spiro atoms. The van der Waals surface area contributed by atoms with Gasteiger partial charge in [0.05, 0.1) is 11.5 Å². The number of carboxylic acids is 1. The molecule has 0 amide bonds. The first-order chi connectivity index (χ1) is 15.6. The van der Waals surface area contributed by atoms with E-state index in [4.69, 9.17) is 0 Å². The van der Waals surface area contributed by atoms with Crippen molar-refractivity contribution in [2.45, 2.75) is 112 Å². The number of rotatable bonds is 1. The van der Waals surface area contributed by atoms with Crippen molar-refractivity contribution in [1.29, 1.82) is 0 Å². The third kappa shape index (κ3) is 2.81. The van der Waals surface area contributed by atoms with Crippen LogP contribution in [-0.4, -0.2) is 28.1 Å². The normalized spacial score (nSPS) is 54.1. The number of aliphatic hydroxyl groups is 1. The molecule has 0 aromatic heterocycles. The van der Waals surface area contributed by atoms with Gasteiger partial charge in [-0.05, 0) is 110 Å². The summed E-state index contributed by atoms with van der Waals surface area (Å²) in [7, 11) is 0. The van der Waals surface area contributed by atoms with E-state index >= 15 is 0 Å². The zero-order valence-electron chi connectivity index (χ0n) is 22.5. The summed E-state index contributed by atoms with van der Waals surface area (Å²) >= 11 is 0. The number of carboxylic acid groups (broad SMARTS) is 1. The minimum absolute atomic E-state index is 0.0296. The number of hydrogen-bond donors (Lipinski definition) is 2. The second kappa shape index (κ2) is 6.99. The van der Waals surface area contributed by atoms with Gasteiger partial charge in [-0.1, -0.05) is 47.1 Å². The van der Waals surface area contributed by atoms with Crippen LogP contribution < -0.4 is 0 Å². The molecule has 0 heterocycles. The Morgan fingerprint density at radius 2 is 1.56 bits per heavy atom. The fourth-order valence-electron chi connectivity index (χ4n) is 10.4. The first kappa shape index (κ1) is 24.5. The van der Waals surface area contributed by atoms with E-state index in [1.807, 2.05) is 13.0 Å². The number of carbonyl (C=O) groups is 2. The Bertz CT molecular complexity index is 965. The van der Waals surface area contributed by atoms with Gasteiger partial charge in [0.2, 0.25) is 0 Å². The van der Waals surface area contributed by atoms with E-state index in [1.54, 1.807) is 0 Å².